The minimum Gasteiger partial charge on any atom is -0.409 e. The molecule has 0 spiro atoms. The summed E-state index contributed by atoms with van der Waals surface area (Å²) in [6, 6.07) is 4.47. The van der Waals surface area contributed by atoms with Crippen LogP contribution in [0.15, 0.2) is 23.5 Å². The van der Waals surface area contributed by atoms with Crippen LogP contribution < -0.4 is 5.73 Å². The predicted octanol–water partition coefficient (Wildman–Crippen LogP) is 1.80. The fourth-order valence-electron chi connectivity index (χ4n) is 2.64. The number of likely N-dealkylation sites (tertiary alicyclic amines) is 1. The second-order valence-corrected chi connectivity index (χ2v) is 5.37. The quantitative estimate of drug-likeness (QED) is 0.377. The van der Waals surface area contributed by atoms with E-state index in [2.05, 4.69) is 28.9 Å². The van der Waals surface area contributed by atoms with Crippen LogP contribution in [0.1, 0.15) is 37.9 Å². The summed E-state index contributed by atoms with van der Waals surface area (Å²) in [4.78, 5) is 6.59. The zero-order valence-corrected chi connectivity index (χ0v) is 11.6. The maximum atomic E-state index is 8.69. The summed E-state index contributed by atoms with van der Waals surface area (Å²) in [5, 5.41) is 11.7. The van der Waals surface area contributed by atoms with Crippen molar-refractivity contribution in [2.75, 3.05) is 6.54 Å². The summed E-state index contributed by atoms with van der Waals surface area (Å²) in [5.74, 6) is 0.793. The van der Waals surface area contributed by atoms with Gasteiger partial charge in [0.25, 0.3) is 0 Å². The third kappa shape index (κ3) is 3.23. The third-order valence-corrected chi connectivity index (χ3v) is 4.08. The molecule has 0 saturated carbocycles. The van der Waals surface area contributed by atoms with Crippen LogP contribution in [-0.2, 0) is 6.54 Å². The van der Waals surface area contributed by atoms with E-state index < -0.39 is 0 Å². The van der Waals surface area contributed by atoms with E-state index >= 15 is 0 Å². The summed E-state index contributed by atoms with van der Waals surface area (Å²) >= 11 is 0. The van der Waals surface area contributed by atoms with Crippen molar-refractivity contribution in [2.24, 2.45) is 16.8 Å². The Kier molecular flexibility index (Phi) is 4.37. The lowest BCUT2D eigenvalue weighted by Gasteiger charge is -2.38. The second kappa shape index (κ2) is 6.02. The molecule has 2 rings (SSSR count). The first-order valence-corrected chi connectivity index (χ1v) is 6.78. The van der Waals surface area contributed by atoms with Crippen LogP contribution in [0, 0.1) is 5.92 Å². The molecule has 0 radical (unpaired) electrons. The van der Waals surface area contributed by atoms with Gasteiger partial charge in [0.15, 0.2) is 5.84 Å². The molecule has 1 aliphatic rings. The molecule has 3 N–H and O–H groups in total. The number of amidine groups is 1. The van der Waals surface area contributed by atoms with Crippen molar-refractivity contribution in [3.05, 3.63) is 29.6 Å². The van der Waals surface area contributed by atoms with E-state index in [9.17, 15) is 0 Å². The molecule has 0 amide bonds. The first kappa shape index (κ1) is 13.8. The molecular weight excluding hydrogens is 240 g/mol. The lowest BCUT2D eigenvalue weighted by atomic mass is 9.92. The maximum Gasteiger partial charge on any atom is 0.188 e. The van der Waals surface area contributed by atoms with Gasteiger partial charge in [-0.2, -0.15) is 0 Å². The SMILES string of the molecule is CC1CCCN(Cc2ccnc(C(N)=NO)c2)C1C. The molecule has 0 bridgehead atoms. The van der Waals surface area contributed by atoms with Gasteiger partial charge in [0.1, 0.15) is 5.69 Å². The number of nitrogens with zero attached hydrogens (tertiary/aromatic N) is 3. The smallest absolute Gasteiger partial charge is 0.188 e. The molecule has 1 aromatic heterocycles. The van der Waals surface area contributed by atoms with Gasteiger partial charge in [0.2, 0.25) is 0 Å². The van der Waals surface area contributed by atoms with Crippen LogP contribution >= 0.6 is 0 Å². The molecule has 1 aromatic rings. The van der Waals surface area contributed by atoms with E-state index in [1.54, 1.807) is 6.20 Å². The Bertz CT molecular complexity index is 461. The van der Waals surface area contributed by atoms with E-state index in [1.165, 1.54) is 12.8 Å². The second-order valence-electron chi connectivity index (χ2n) is 5.37. The summed E-state index contributed by atoms with van der Waals surface area (Å²) in [6.45, 7) is 6.62. The average molecular weight is 262 g/mol. The Balaban J connectivity index is 2.10. The number of aromatic nitrogens is 1. The van der Waals surface area contributed by atoms with Crippen molar-refractivity contribution < 1.29 is 5.21 Å². The monoisotopic (exact) mass is 262 g/mol. The molecule has 0 aliphatic carbocycles. The van der Waals surface area contributed by atoms with Gasteiger partial charge in [-0.1, -0.05) is 12.1 Å². The Morgan fingerprint density at radius 1 is 1.58 bits per heavy atom. The molecule has 1 aliphatic heterocycles. The number of hydrogen-bond donors (Lipinski definition) is 2. The van der Waals surface area contributed by atoms with Crippen molar-refractivity contribution in [1.29, 1.82) is 0 Å². The number of piperidine rings is 1. The van der Waals surface area contributed by atoms with Crippen molar-refractivity contribution in [2.45, 2.75) is 39.3 Å². The molecule has 1 saturated heterocycles. The van der Waals surface area contributed by atoms with Crippen LogP contribution in [0.5, 0.6) is 0 Å². The van der Waals surface area contributed by atoms with Crippen LogP contribution in [0.4, 0.5) is 0 Å². The van der Waals surface area contributed by atoms with Crippen LogP contribution in [0.2, 0.25) is 0 Å². The lowest BCUT2D eigenvalue weighted by molar-refractivity contribution is 0.106. The van der Waals surface area contributed by atoms with Gasteiger partial charge in [0.05, 0.1) is 0 Å². The highest BCUT2D eigenvalue weighted by atomic mass is 16.4. The van der Waals surface area contributed by atoms with Gasteiger partial charge in [-0.3, -0.25) is 9.88 Å². The van der Waals surface area contributed by atoms with Crippen molar-refractivity contribution in [3.63, 3.8) is 0 Å². The molecule has 1 fully saturated rings. The highest BCUT2D eigenvalue weighted by molar-refractivity contribution is 5.95. The minimum absolute atomic E-state index is 0.0573. The number of pyridine rings is 1. The number of nitrogens with two attached hydrogens (primary N) is 1. The lowest BCUT2D eigenvalue weighted by Crippen LogP contribution is -2.41. The Labute approximate surface area is 114 Å². The largest absolute Gasteiger partial charge is 0.409 e. The number of oxime groups is 1. The molecule has 5 heteroatoms. The first-order chi connectivity index (χ1) is 9.11. The molecule has 104 valence electrons. The maximum absolute atomic E-state index is 8.69. The normalized spacial score (nSPS) is 25.5. The van der Waals surface area contributed by atoms with Crippen LogP contribution in [0.25, 0.3) is 0 Å². The highest BCUT2D eigenvalue weighted by Gasteiger charge is 2.24. The standard InChI is InChI=1S/C14H22N4O/c1-10-4-3-7-18(11(10)2)9-12-5-6-16-13(8-12)14(15)17-19/h5-6,8,10-11,19H,3-4,7,9H2,1-2H3,(H2,15,17). The Morgan fingerprint density at radius 2 is 2.37 bits per heavy atom. The zero-order chi connectivity index (χ0) is 13.8. The van der Waals surface area contributed by atoms with Gasteiger partial charge in [-0.25, -0.2) is 0 Å². The van der Waals surface area contributed by atoms with Gasteiger partial charge in [-0.15, -0.1) is 0 Å². The summed E-state index contributed by atoms with van der Waals surface area (Å²) in [7, 11) is 0. The van der Waals surface area contributed by atoms with Crippen LogP contribution in [0.3, 0.4) is 0 Å². The topological polar surface area (TPSA) is 74.7 Å². The van der Waals surface area contributed by atoms with Gasteiger partial charge >= 0.3 is 0 Å². The van der Waals surface area contributed by atoms with Gasteiger partial charge in [0, 0.05) is 18.8 Å². The fraction of sp³-hybridized carbons (Fsp3) is 0.571. The van der Waals surface area contributed by atoms with E-state index in [1.807, 2.05) is 12.1 Å². The zero-order valence-electron chi connectivity index (χ0n) is 11.6. The molecule has 0 aromatic carbocycles. The highest BCUT2D eigenvalue weighted by Crippen LogP contribution is 2.24. The minimum atomic E-state index is 0.0573. The van der Waals surface area contributed by atoms with Crippen LogP contribution in [-0.4, -0.2) is 33.5 Å². The third-order valence-electron chi connectivity index (χ3n) is 4.08. The summed E-state index contributed by atoms with van der Waals surface area (Å²) < 4.78 is 0. The van der Waals surface area contributed by atoms with Crippen molar-refractivity contribution in [1.82, 2.24) is 9.88 Å². The molecular formula is C14H22N4O. The molecule has 2 unspecified atom stereocenters. The number of rotatable bonds is 3. The van der Waals surface area contributed by atoms with Crippen molar-refractivity contribution in [3.8, 4) is 0 Å². The van der Waals surface area contributed by atoms with Gasteiger partial charge in [-0.05, 0) is 49.9 Å². The van der Waals surface area contributed by atoms with E-state index in [-0.39, 0.29) is 5.84 Å². The van der Waals surface area contributed by atoms with E-state index in [4.69, 9.17) is 10.9 Å². The van der Waals surface area contributed by atoms with Gasteiger partial charge < -0.3 is 10.9 Å². The van der Waals surface area contributed by atoms with E-state index in [0.717, 1.165) is 24.6 Å². The average Bonchev–Trinajstić information content (AvgIpc) is 2.43. The first-order valence-electron chi connectivity index (χ1n) is 6.78. The fourth-order valence-corrected chi connectivity index (χ4v) is 2.64. The predicted molar refractivity (Wildman–Crippen MR) is 75.0 cm³/mol. The number of hydrogen-bond acceptors (Lipinski definition) is 4. The Morgan fingerprint density at radius 3 is 3.11 bits per heavy atom. The molecule has 2 heterocycles. The molecule has 2 atom stereocenters. The molecule has 5 nitrogen and oxygen atoms in total. The van der Waals surface area contributed by atoms with E-state index in [0.29, 0.717) is 11.7 Å². The van der Waals surface area contributed by atoms with Crippen molar-refractivity contribution >= 4 is 5.84 Å². The Hall–Kier alpha value is -1.62. The molecule has 19 heavy (non-hydrogen) atoms. The summed E-state index contributed by atoms with van der Waals surface area (Å²) in [5.41, 5.74) is 7.25. The summed E-state index contributed by atoms with van der Waals surface area (Å²) in [6.07, 6.45) is 4.27.